The maximum Gasteiger partial charge on any atom is 0.237 e. The van der Waals surface area contributed by atoms with Gasteiger partial charge >= 0.3 is 0 Å². The van der Waals surface area contributed by atoms with Crippen LogP contribution < -0.4 is 5.32 Å². The maximum atomic E-state index is 14.7. The molecule has 1 rings (SSSR count). The molecule has 2 atom stereocenters. The number of nitrogens with one attached hydrogen (secondary N) is 1. The lowest BCUT2D eigenvalue weighted by Crippen LogP contribution is -2.46. The third-order valence-electron chi connectivity index (χ3n) is 16.5. The van der Waals surface area contributed by atoms with Gasteiger partial charge in [0.1, 0.15) is 0 Å². The van der Waals surface area contributed by atoms with E-state index in [1.165, 1.54) is 309 Å². The Kier molecular flexibility index (Phi) is 52.2. The zero-order chi connectivity index (χ0) is 52.1. The van der Waals surface area contributed by atoms with E-state index in [-0.39, 0.29) is 12.1 Å². The van der Waals surface area contributed by atoms with Gasteiger partial charge in [0.2, 0.25) is 12.3 Å². The van der Waals surface area contributed by atoms with E-state index >= 15 is 0 Å². The Morgan fingerprint density at radius 3 is 0.944 bits per heavy atom. The summed E-state index contributed by atoms with van der Waals surface area (Å²) in [5, 5.41) is 3.12. The molecule has 0 bridgehead atoms. The summed E-state index contributed by atoms with van der Waals surface area (Å²) >= 11 is 0. The summed E-state index contributed by atoms with van der Waals surface area (Å²) in [5.41, 5.74) is 0. The van der Waals surface area contributed by atoms with Gasteiger partial charge in [-0.3, -0.25) is 14.5 Å². The van der Waals surface area contributed by atoms with Crippen LogP contribution in [0, 0.1) is 0 Å². The monoisotopic (exact) mass is 1010 g/mol. The highest BCUT2D eigenvalue weighted by molar-refractivity contribution is 5.79. The molecule has 0 aromatic heterocycles. The van der Waals surface area contributed by atoms with E-state index in [2.05, 4.69) is 59.5 Å². The number of carbonyl (C=O) groups is 2. The molecule has 0 aromatic rings. The molecule has 428 valence electrons. The summed E-state index contributed by atoms with van der Waals surface area (Å²) < 4.78 is 0. The molecule has 0 spiro atoms. The van der Waals surface area contributed by atoms with E-state index in [0.717, 1.165) is 45.4 Å². The topological polar surface area (TPSA) is 59.1 Å². The Hall–Kier alpha value is -1.18. The highest BCUT2D eigenvalue weighted by Crippen LogP contribution is 2.23. The number of unbranched alkanes of at least 4 members (excludes halogenated alkanes) is 39. The van der Waals surface area contributed by atoms with Crippen molar-refractivity contribution in [2.45, 2.75) is 342 Å². The lowest BCUT2D eigenvalue weighted by Gasteiger charge is -2.32. The van der Waals surface area contributed by atoms with Crippen molar-refractivity contribution < 1.29 is 9.59 Å². The van der Waals surface area contributed by atoms with Gasteiger partial charge < -0.3 is 20.0 Å². The van der Waals surface area contributed by atoms with Crippen molar-refractivity contribution in [1.82, 2.24) is 24.9 Å². The van der Waals surface area contributed by atoms with Crippen LogP contribution in [0.4, 0.5) is 0 Å². The first kappa shape index (κ1) is 68.8. The average Bonchev–Trinajstić information content (AvgIpc) is 3.80. The summed E-state index contributed by atoms with van der Waals surface area (Å²) in [5.74, 6) is 0.295. The van der Waals surface area contributed by atoms with Crippen LogP contribution in [0.15, 0.2) is 0 Å². The minimum Gasteiger partial charge on any atom is -0.354 e. The van der Waals surface area contributed by atoms with Gasteiger partial charge in [0.25, 0.3) is 0 Å². The molecule has 7 heteroatoms. The van der Waals surface area contributed by atoms with E-state index in [1.807, 2.05) is 0 Å². The third-order valence-corrected chi connectivity index (χ3v) is 16.5. The Balaban J connectivity index is 3.03. The average molecular weight is 1010 g/mol. The molecule has 1 N–H and O–H groups in total. The second kappa shape index (κ2) is 54.6. The molecular weight excluding hydrogens is 883 g/mol. The molecule has 0 saturated carbocycles. The maximum absolute atomic E-state index is 14.7. The zero-order valence-electron chi connectivity index (χ0n) is 49.9. The molecule has 0 aliphatic carbocycles. The molecule has 1 fully saturated rings. The van der Waals surface area contributed by atoms with Gasteiger partial charge in [-0.25, -0.2) is 0 Å². The molecule has 1 heterocycles. The lowest BCUT2D eigenvalue weighted by atomic mass is 10.1. The van der Waals surface area contributed by atoms with Gasteiger partial charge in [0.15, 0.2) is 0 Å². The van der Waals surface area contributed by atoms with E-state index in [9.17, 15) is 9.59 Å². The Labute approximate surface area is 452 Å². The van der Waals surface area contributed by atoms with Crippen molar-refractivity contribution in [3.05, 3.63) is 0 Å². The number of carbonyl (C=O) groups excluding carboxylic acids is 2. The number of likely N-dealkylation sites (tertiary alicyclic amines) is 1. The first-order chi connectivity index (χ1) is 35.5. The Morgan fingerprint density at radius 1 is 0.375 bits per heavy atom. The molecule has 72 heavy (non-hydrogen) atoms. The second-order valence-corrected chi connectivity index (χ2v) is 23.5. The first-order valence-electron chi connectivity index (χ1n) is 33.2. The van der Waals surface area contributed by atoms with Crippen molar-refractivity contribution in [3.63, 3.8) is 0 Å². The summed E-state index contributed by atoms with van der Waals surface area (Å²) in [6, 6.07) is 0.257. The summed E-state index contributed by atoms with van der Waals surface area (Å²) in [6.45, 7) is 21.6. The van der Waals surface area contributed by atoms with Gasteiger partial charge in [0.05, 0.1) is 6.54 Å². The molecule has 7 nitrogen and oxygen atoms in total. The van der Waals surface area contributed by atoms with Crippen LogP contribution in [0.3, 0.4) is 0 Å². The van der Waals surface area contributed by atoms with Crippen molar-refractivity contribution in [1.29, 1.82) is 0 Å². The number of rotatable bonds is 59. The van der Waals surface area contributed by atoms with Gasteiger partial charge in [-0.05, 0) is 77.7 Å². The number of hydrogen-bond donors (Lipinski definition) is 1. The minimum absolute atomic E-state index is 0.0594. The molecule has 1 aliphatic rings. The highest BCUT2D eigenvalue weighted by Gasteiger charge is 2.35. The fourth-order valence-electron chi connectivity index (χ4n) is 11.6. The first-order valence-corrected chi connectivity index (χ1v) is 33.2. The fourth-order valence-corrected chi connectivity index (χ4v) is 11.6. The van der Waals surface area contributed by atoms with Crippen LogP contribution in [0.2, 0.25) is 0 Å². The predicted octanol–water partition coefficient (Wildman–Crippen LogP) is 18.3. The Bertz CT molecular complexity index is 1070. The molecule has 2 unspecified atom stereocenters. The van der Waals surface area contributed by atoms with Crippen LogP contribution in [0.1, 0.15) is 330 Å². The van der Waals surface area contributed by atoms with E-state index in [1.54, 1.807) is 0 Å². The van der Waals surface area contributed by atoms with E-state index < -0.39 is 0 Å². The quantitative estimate of drug-likeness (QED) is 0.0486. The minimum atomic E-state index is 0.0594. The largest absolute Gasteiger partial charge is 0.354 e. The molecule has 2 amide bonds. The molecule has 0 radical (unpaired) electrons. The summed E-state index contributed by atoms with van der Waals surface area (Å²) in [6.07, 6.45) is 62.7. The zero-order valence-corrected chi connectivity index (χ0v) is 49.9. The predicted molar refractivity (Wildman–Crippen MR) is 319 cm³/mol. The highest BCUT2D eigenvalue weighted by atomic mass is 16.2. The fraction of sp³-hybridized carbons (Fsp3) is 0.969. The van der Waals surface area contributed by atoms with Gasteiger partial charge in [-0.15, -0.1) is 0 Å². The molecule has 1 aliphatic heterocycles. The summed E-state index contributed by atoms with van der Waals surface area (Å²) in [4.78, 5) is 36.8. The number of hydrogen-bond acceptors (Lipinski definition) is 5. The normalized spacial score (nSPS) is 15.0. The lowest BCUT2D eigenvalue weighted by molar-refractivity contribution is -0.133. The molecular formula is C65H131N5O2. The Morgan fingerprint density at radius 2 is 0.639 bits per heavy atom. The standard InChI is InChI=1S/C65H131N5O2/c1-6-11-16-21-26-29-32-37-42-47-53-68(54-48-43-38-33-30-27-22-17-12-7-2)57-58-69(55-49-44-39-34-31-28-23-18-13-8-3)61-65(72)70-60-63(66-62-71)59-64(70)50-56-67(51-45-40-35-24-19-14-9-4)52-46-41-36-25-20-15-10-5/h62-64H,6-61H2,1-5H3,(H,66,71). The smallest absolute Gasteiger partial charge is 0.237 e. The van der Waals surface area contributed by atoms with Crippen molar-refractivity contribution >= 4 is 12.3 Å². The van der Waals surface area contributed by atoms with Crippen LogP contribution in [0.25, 0.3) is 0 Å². The molecule has 0 aromatic carbocycles. The summed E-state index contributed by atoms with van der Waals surface area (Å²) in [7, 11) is 0. The van der Waals surface area contributed by atoms with Crippen LogP contribution in [-0.2, 0) is 9.59 Å². The molecule has 1 saturated heterocycles. The van der Waals surface area contributed by atoms with E-state index in [0.29, 0.717) is 19.0 Å². The van der Waals surface area contributed by atoms with Gasteiger partial charge in [0, 0.05) is 38.3 Å². The van der Waals surface area contributed by atoms with Crippen LogP contribution >= 0.6 is 0 Å². The van der Waals surface area contributed by atoms with Gasteiger partial charge in [-0.1, -0.05) is 285 Å². The van der Waals surface area contributed by atoms with Gasteiger partial charge in [-0.2, -0.15) is 0 Å². The van der Waals surface area contributed by atoms with Crippen LogP contribution in [-0.4, -0.2) is 109 Å². The number of amides is 2. The third kappa shape index (κ3) is 43.0. The SMILES string of the molecule is CCCCCCCCCCCCN(CCCCCCCCCCCC)CCN(CCCCCCCCCCCC)CC(=O)N1CC(NC=O)CC1CCN(CCCCCCCCC)CCCCCCCCC. The van der Waals surface area contributed by atoms with Crippen molar-refractivity contribution in [3.8, 4) is 0 Å². The second-order valence-electron chi connectivity index (χ2n) is 23.5. The van der Waals surface area contributed by atoms with Crippen molar-refractivity contribution in [2.75, 3.05) is 65.4 Å². The van der Waals surface area contributed by atoms with E-state index in [4.69, 9.17) is 0 Å². The number of nitrogens with zero attached hydrogens (tertiary/aromatic N) is 4. The van der Waals surface area contributed by atoms with Crippen LogP contribution in [0.5, 0.6) is 0 Å². The van der Waals surface area contributed by atoms with Crippen molar-refractivity contribution in [2.24, 2.45) is 0 Å².